The SMILES string of the molecule is N#Cc1ccc(-c2cccc(-c3nc(-c4ccccc4)nc(-c4ccc5c(c4)sc4cccc(-c6ccc(-c7ccccc7)cc6)c45)n3)c2)cc1. The van der Waals surface area contributed by atoms with Crippen LogP contribution in [0.4, 0.5) is 0 Å². The summed E-state index contributed by atoms with van der Waals surface area (Å²) < 4.78 is 2.43. The molecule has 9 rings (SSSR count). The Morgan fingerprint density at radius 1 is 0.392 bits per heavy atom. The van der Waals surface area contributed by atoms with Crippen LogP contribution in [0.1, 0.15) is 5.56 Å². The first-order valence-electron chi connectivity index (χ1n) is 16.7. The van der Waals surface area contributed by atoms with Crippen LogP contribution in [-0.4, -0.2) is 15.0 Å². The molecule has 0 amide bonds. The monoisotopic (exact) mass is 668 g/mol. The zero-order chi connectivity index (χ0) is 34.1. The zero-order valence-electron chi connectivity index (χ0n) is 27.4. The molecule has 51 heavy (non-hydrogen) atoms. The molecule has 9 aromatic rings. The highest BCUT2D eigenvalue weighted by Crippen LogP contribution is 2.42. The van der Waals surface area contributed by atoms with Gasteiger partial charge >= 0.3 is 0 Å². The molecular weight excluding hydrogens is 641 g/mol. The zero-order valence-corrected chi connectivity index (χ0v) is 28.2. The molecule has 0 saturated heterocycles. The van der Waals surface area contributed by atoms with E-state index in [-0.39, 0.29) is 0 Å². The predicted octanol–water partition coefficient (Wildman–Crippen LogP) is 12.1. The quantitative estimate of drug-likeness (QED) is 0.177. The molecule has 0 aliphatic rings. The average Bonchev–Trinajstić information content (AvgIpc) is 3.60. The van der Waals surface area contributed by atoms with Crippen molar-refractivity contribution >= 4 is 31.5 Å². The highest BCUT2D eigenvalue weighted by molar-refractivity contribution is 7.26. The summed E-state index contributed by atoms with van der Waals surface area (Å²) in [4.78, 5) is 15.0. The lowest BCUT2D eigenvalue weighted by molar-refractivity contribution is 1.07. The summed E-state index contributed by atoms with van der Waals surface area (Å²) in [6.07, 6.45) is 0. The van der Waals surface area contributed by atoms with Crippen molar-refractivity contribution in [3.05, 3.63) is 175 Å². The normalized spacial score (nSPS) is 11.1. The first-order valence-corrected chi connectivity index (χ1v) is 17.6. The van der Waals surface area contributed by atoms with Crippen LogP contribution in [0.2, 0.25) is 0 Å². The fraction of sp³-hybridized carbons (Fsp3) is 0. The molecule has 2 heterocycles. The largest absolute Gasteiger partial charge is 0.208 e. The van der Waals surface area contributed by atoms with E-state index in [9.17, 15) is 5.26 Å². The number of nitriles is 1. The lowest BCUT2D eigenvalue weighted by atomic mass is 9.97. The topological polar surface area (TPSA) is 62.5 Å². The van der Waals surface area contributed by atoms with E-state index < -0.39 is 0 Å². The molecule has 0 radical (unpaired) electrons. The Labute approximate surface area is 299 Å². The van der Waals surface area contributed by atoms with Crippen LogP contribution >= 0.6 is 11.3 Å². The average molecular weight is 669 g/mol. The molecule has 0 aliphatic carbocycles. The van der Waals surface area contributed by atoms with E-state index >= 15 is 0 Å². The Bertz CT molecular complexity index is 2730. The molecule has 0 bridgehead atoms. The number of aromatic nitrogens is 3. The third-order valence-electron chi connectivity index (χ3n) is 9.19. The van der Waals surface area contributed by atoms with E-state index in [2.05, 4.69) is 103 Å². The third kappa shape index (κ3) is 5.84. The minimum absolute atomic E-state index is 0.604. The fourth-order valence-corrected chi connectivity index (χ4v) is 7.78. The summed E-state index contributed by atoms with van der Waals surface area (Å²) in [7, 11) is 0. The van der Waals surface area contributed by atoms with Gasteiger partial charge in [-0.25, -0.2) is 15.0 Å². The van der Waals surface area contributed by atoms with Gasteiger partial charge in [-0.15, -0.1) is 11.3 Å². The van der Waals surface area contributed by atoms with Gasteiger partial charge in [0.05, 0.1) is 11.6 Å². The molecule has 0 fully saturated rings. The van der Waals surface area contributed by atoms with Crippen LogP contribution in [-0.2, 0) is 0 Å². The number of hydrogen-bond acceptors (Lipinski definition) is 5. The molecule has 0 spiro atoms. The molecule has 0 unspecified atom stereocenters. The van der Waals surface area contributed by atoms with E-state index in [0.717, 1.165) is 27.8 Å². The van der Waals surface area contributed by atoms with Crippen LogP contribution in [0.3, 0.4) is 0 Å². The van der Waals surface area contributed by atoms with Crippen LogP contribution in [0.15, 0.2) is 170 Å². The van der Waals surface area contributed by atoms with Crippen molar-refractivity contribution in [1.29, 1.82) is 5.26 Å². The smallest absolute Gasteiger partial charge is 0.164 e. The second-order valence-electron chi connectivity index (χ2n) is 12.4. The second-order valence-corrected chi connectivity index (χ2v) is 13.5. The minimum Gasteiger partial charge on any atom is -0.208 e. The number of fused-ring (bicyclic) bond motifs is 3. The van der Waals surface area contributed by atoms with Crippen LogP contribution in [0.25, 0.3) is 87.7 Å². The minimum atomic E-state index is 0.604. The van der Waals surface area contributed by atoms with Gasteiger partial charge in [0.2, 0.25) is 0 Å². The molecule has 0 aliphatic heterocycles. The number of thiophene rings is 1. The van der Waals surface area contributed by atoms with Gasteiger partial charge in [0.1, 0.15) is 0 Å². The van der Waals surface area contributed by atoms with Crippen molar-refractivity contribution in [2.24, 2.45) is 0 Å². The Morgan fingerprint density at radius 3 is 1.61 bits per heavy atom. The highest BCUT2D eigenvalue weighted by atomic mass is 32.1. The van der Waals surface area contributed by atoms with Crippen molar-refractivity contribution in [1.82, 2.24) is 15.0 Å². The van der Waals surface area contributed by atoms with Crippen LogP contribution in [0.5, 0.6) is 0 Å². The summed E-state index contributed by atoms with van der Waals surface area (Å²) in [5.41, 5.74) is 10.3. The molecule has 7 aromatic carbocycles. The van der Waals surface area contributed by atoms with Gasteiger partial charge in [-0.3, -0.25) is 0 Å². The maximum Gasteiger partial charge on any atom is 0.164 e. The number of nitrogens with zero attached hydrogens (tertiary/aromatic N) is 4. The van der Waals surface area contributed by atoms with E-state index in [1.54, 1.807) is 11.3 Å². The van der Waals surface area contributed by atoms with Crippen molar-refractivity contribution in [2.45, 2.75) is 0 Å². The van der Waals surface area contributed by atoms with Gasteiger partial charge in [0.15, 0.2) is 17.5 Å². The first-order chi connectivity index (χ1) is 25.2. The van der Waals surface area contributed by atoms with Crippen LogP contribution < -0.4 is 0 Å². The van der Waals surface area contributed by atoms with E-state index in [1.165, 1.54) is 42.4 Å². The Balaban J connectivity index is 1.13. The van der Waals surface area contributed by atoms with E-state index in [0.29, 0.717) is 23.0 Å². The van der Waals surface area contributed by atoms with Crippen LogP contribution in [0, 0.1) is 11.3 Å². The Hall–Kier alpha value is -6.74. The van der Waals surface area contributed by atoms with Crippen molar-refractivity contribution < 1.29 is 0 Å². The molecule has 5 heteroatoms. The Morgan fingerprint density at radius 2 is 0.902 bits per heavy atom. The number of hydrogen-bond donors (Lipinski definition) is 0. The van der Waals surface area contributed by atoms with E-state index in [4.69, 9.17) is 15.0 Å². The van der Waals surface area contributed by atoms with E-state index in [1.807, 2.05) is 72.8 Å². The molecule has 2 aromatic heterocycles. The van der Waals surface area contributed by atoms with Crippen molar-refractivity contribution in [3.63, 3.8) is 0 Å². The molecule has 0 N–H and O–H groups in total. The van der Waals surface area contributed by atoms with Gasteiger partial charge in [-0.1, -0.05) is 140 Å². The summed E-state index contributed by atoms with van der Waals surface area (Å²) in [5.74, 6) is 1.85. The molecule has 0 atom stereocenters. The van der Waals surface area contributed by atoms with Gasteiger partial charge in [0.25, 0.3) is 0 Å². The van der Waals surface area contributed by atoms with Gasteiger partial charge in [-0.05, 0) is 63.7 Å². The Kier molecular flexibility index (Phi) is 7.70. The first kappa shape index (κ1) is 30.3. The molecule has 4 nitrogen and oxygen atoms in total. The summed E-state index contributed by atoms with van der Waals surface area (Å²) >= 11 is 1.79. The van der Waals surface area contributed by atoms with Crippen molar-refractivity contribution in [3.8, 4) is 73.6 Å². The summed E-state index contributed by atoms with van der Waals surface area (Å²) in [6.45, 7) is 0. The standard InChI is InChI=1S/C46H28N4S/c47-29-30-17-19-33(20-18-30)36-13-7-14-37(27-36)45-48-44(35-11-5-2-6-12-35)49-46(50-45)38-25-26-40-42(28-38)51-41-16-8-15-39(43(40)41)34-23-21-32(22-24-34)31-9-3-1-4-10-31/h1-28H. The molecule has 0 saturated carbocycles. The van der Waals surface area contributed by atoms with Gasteiger partial charge < -0.3 is 0 Å². The maximum absolute atomic E-state index is 9.26. The summed E-state index contributed by atoms with van der Waals surface area (Å²) in [6, 6.07) is 60.5. The predicted molar refractivity (Wildman–Crippen MR) is 210 cm³/mol. The second kappa shape index (κ2) is 12.9. The highest BCUT2D eigenvalue weighted by Gasteiger charge is 2.16. The summed E-state index contributed by atoms with van der Waals surface area (Å²) in [5, 5.41) is 11.7. The number of rotatable bonds is 6. The lowest BCUT2D eigenvalue weighted by Gasteiger charge is -2.10. The van der Waals surface area contributed by atoms with Gasteiger partial charge in [-0.2, -0.15) is 5.26 Å². The molecular formula is C46H28N4S. The molecule has 238 valence electrons. The van der Waals surface area contributed by atoms with Crippen molar-refractivity contribution in [2.75, 3.05) is 0 Å². The fourth-order valence-electron chi connectivity index (χ4n) is 6.60. The maximum atomic E-state index is 9.26. The number of benzene rings is 7. The third-order valence-corrected chi connectivity index (χ3v) is 10.3. The lowest BCUT2D eigenvalue weighted by Crippen LogP contribution is -2.00. The van der Waals surface area contributed by atoms with Gasteiger partial charge in [0, 0.05) is 36.9 Å².